The lowest BCUT2D eigenvalue weighted by molar-refractivity contribution is 0.0771. The van der Waals surface area contributed by atoms with Crippen molar-refractivity contribution in [2.45, 2.75) is 13.0 Å². The SMILES string of the molecule is CC(C#N)N(C)C(=O)c1cc(F)ccc1Br. The van der Waals surface area contributed by atoms with Gasteiger partial charge in [-0.1, -0.05) is 0 Å². The van der Waals surface area contributed by atoms with Gasteiger partial charge in [-0.2, -0.15) is 5.26 Å². The second-order valence-corrected chi connectivity index (χ2v) is 4.20. The average molecular weight is 285 g/mol. The number of hydrogen-bond donors (Lipinski definition) is 0. The second kappa shape index (κ2) is 5.08. The molecule has 0 fully saturated rings. The zero-order valence-corrected chi connectivity index (χ0v) is 10.5. The van der Waals surface area contributed by atoms with Crippen molar-refractivity contribution in [3.63, 3.8) is 0 Å². The van der Waals surface area contributed by atoms with Gasteiger partial charge in [-0.25, -0.2) is 4.39 Å². The summed E-state index contributed by atoms with van der Waals surface area (Å²) in [4.78, 5) is 13.2. The summed E-state index contributed by atoms with van der Waals surface area (Å²) < 4.78 is 13.5. The molecule has 0 saturated heterocycles. The number of hydrogen-bond acceptors (Lipinski definition) is 2. The predicted molar refractivity (Wildman–Crippen MR) is 61.3 cm³/mol. The maximum Gasteiger partial charge on any atom is 0.255 e. The smallest absolute Gasteiger partial charge is 0.255 e. The Kier molecular flexibility index (Phi) is 4.02. The van der Waals surface area contributed by atoms with Crippen LogP contribution in [0.1, 0.15) is 17.3 Å². The summed E-state index contributed by atoms with van der Waals surface area (Å²) in [5.41, 5.74) is 0.213. The van der Waals surface area contributed by atoms with Crippen molar-refractivity contribution in [3.8, 4) is 6.07 Å². The summed E-state index contributed by atoms with van der Waals surface area (Å²) in [6.45, 7) is 1.60. The number of rotatable bonds is 2. The molecule has 0 aliphatic heterocycles. The third-order valence-corrected chi connectivity index (χ3v) is 2.94. The normalized spacial score (nSPS) is 11.7. The van der Waals surface area contributed by atoms with Gasteiger partial charge >= 0.3 is 0 Å². The quantitative estimate of drug-likeness (QED) is 0.838. The fourth-order valence-corrected chi connectivity index (χ4v) is 1.53. The van der Waals surface area contributed by atoms with Crippen molar-refractivity contribution in [1.82, 2.24) is 4.90 Å². The third-order valence-electron chi connectivity index (χ3n) is 2.25. The molecule has 1 aromatic rings. The van der Waals surface area contributed by atoms with Gasteiger partial charge in [0.1, 0.15) is 11.9 Å². The molecule has 1 atom stereocenters. The van der Waals surface area contributed by atoms with E-state index < -0.39 is 11.9 Å². The van der Waals surface area contributed by atoms with Crippen LogP contribution in [-0.4, -0.2) is 23.9 Å². The number of halogens is 2. The molecule has 84 valence electrons. The molecular formula is C11H10BrFN2O. The van der Waals surface area contributed by atoms with Gasteiger partial charge in [0.15, 0.2) is 0 Å². The molecule has 0 aliphatic rings. The highest BCUT2D eigenvalue weighted by Crippen LogP contribution is 2.19. The van der Waals surface area contributed by atoms with E-state index in [4.69, 9.17) is 5.26 Å². The van der Waals surface area contributed by atoms with Crippen molar-refractivity contribution < 1.29 is 9.18 Å². The fraction of sp³-hybridized carbons (Fsp3) is 0.273. The molecular weight excluding hydrogens is 275 g/mol. The second-order valence-electron chi connectivity index (χ2n) is 3.35. The number of carbonyl (C=O) groups excluding carboxylic acids is 1. The zero-order valence-electron chi connectivity index (χ0n) is 8.87. The van der Waals surface area contributed by atoms with Gasteiger partial charge in [0, 0.05) is 11.5 Å². The summed E-state index contributed by atoms with van der Waals surface area (Å²) in [7, 11) is 1.51. The Bertz CT molecular complexity index is 456. The van der Waals surface area contributed by atoms with Gasteiger partial charge in [0.25, 0.3) is 5.91 Å². The first kappa shape index (κ1) is 12.7. The molecule has 1 amide bonds. The minimum Gasteiger partial charge on any atom is -0.326 e. The summed E-state index contributed by atoms with van der Waals surface area (Å²) >= 11 is 3.17. The zero-order chi connectivity index (χ0) is 12.3. The molecule has 1 rings (SSSR count). The van der Waals surface area contributed by atoms with E-state index >= 15 is 0 Å². The Hall–Kier alpha value is -1.41. The molecule has 5 heteroatoms. The third kappa shape index (κ3) is 2.58. The van der Waals surface area contributed by atoms with Gasteiger partial charge in [-0.05, 0) is 41.1 Å². The Morgan fingerprint density at radius 3 is 2.81 bits per heavy atom. The van der Waals surface area contributed by atoms with E-state index in [9.17, 15) is 9.18 Å². The first-order valence-electron chi connectivity index (χ1n) is 4.59. The molecule has 3 nitrogen and oxygen atoms in total. The summed E-state index contributed by atoms with van der Waals surface area (Å²) in [6.07, 6.45) is 0. The first-order valence-corrected chi connectivity index (χ1v) is 5.38. The van der Waals surface area contributed by atoms with Gasteiger partial charge in [-0.3, -0.25) is 4.79 Å². The van der Waals surface area contributed by atoms with Crippen LogP contribution in [0.15, 0.2) is 22.7 Å². The Balaban J connectivity index is 3.06. The maximum absolute atomic E-state index is 13.0. The van der Waals surface area contributed by atoms with Crippen molar-refractivity contribution in [1.29, 1.82) is 5.26 Å². The van der Waals surface area contributed by atoms with E-state index in [1.54, 1.807) is 6.92 Å². The van der Waals surface area contributed by atoms with Gasteiger partial charge in [0.2, 0.25) is 0 Å². The highest BCUT2D eigenvalue weighted by atomic mass is 79.9. The lowest BCUT2D eigenvalue weighted by Crippen LogP contribution is -2.34. The van der Waals surface area contributed by atoms with Crippen LogP contribution in [-0.2, 0) is 0 Å². The fourth-order valence-electron chi connectivity index (χ4n) is 1.11. The summed E-state index contributed by atoms with van der Waals surface area (Å²) in [5, 5.41) is 8.70. The topological polar surface area (TPSA) is 44.1 Å². The minimum atomic E-state index is -0.553. The van der Waals surface area contributed by atoms with E-state index in [2.05, 4.69) is 15.9 Å². The molecule has 16 heavy (non-hydrogen) atoms. The van der Waals surface area contributed by atoms with E-state index in [0.29, 0.717) is 4.47 Å². The maximum atomic E-state index is 13.0. The van der Waals surface area contributed by atoms with E-state index in [-0.39, 0.29) is 11.5 Å². The van der Waals surface area contributed by atoms with Gasteiger partial charge in [0.05, 0.1) is 11.6 Å². The Labute approximate surface area is 102 Å². The highest BCUT2D eigenvalue weighted by Gasteiger charge is 2.19. The van der Waals surface area contributed by atoms with Crippen LogP contribution in [0.3, 0.4) is 0 Å². The van der Waals surface area contributed by atoms with Gasteiger partial charge < -0.3 is 4.90 Å². The molecule has 0 aliphatic carbocycles. The van der Waals surface area contributed by atoms with Crippen molar-refractivity contribution in [2.24, 2.45) is 0 Å². The predicted octanol–water partition coefficient (Wildman–Crippen LogP) is 2.57. The van der Waals surface area contributed by atoms with Crippen molar-refractivity contribution in [2.75, 3.05) is 7.05 Å². The van der Waals surface area contributed by atoms with E-state index in [0.717, 1.165) is 6.07 Å². The van der Waals surface area contributed by atoms with Crippen LogP contribution in [0.2, 0.25) is 0 Å². The summed E-state index contributed by atoms with van der Waals surface area (Å²) in [6, 6.07) is 5.26. The standard InChI is InChI=1S/C11H10BrFN2O/c1-7(6-14)15(2)11(16)9-5-8(13)3-4-10(9)12/h3-5,7H,1-2H3. The van der Waals surface area contributed by atoms with Crippen LogP contribution in [0.25, 0.3) is 0 Å². The number of carbonyl (C=O) groups is 1. The molecule has 0 N–H and O–H groups in total. The highest BCUT2D eigenvalue weighted by molar-refractivity contribution is 9.10. The lowest BCUT2D eigenvalue weighted by Gasteiger charge is -2.19. The van der Waals surface area contributed by atoms with E-state index in [1.807, 2.05) is 6.07 Å². The number of amides is 1. The average Bonchev–Trinajstić information content (AvgIpc) is 2.29. The Morgan fingerprint density at radius 1 is 1.62 bits per heavy atom. The summed E-state index contributed by atoms with van der Waals surface area (Å²) in [5.74, 6) is -0.870. The molecule has 1 unspecified atom stereocenters. The lowest BCUT2D eigenvalue weighted by atomic mass is 10.2. The largest absolute Gasteiger partial charge is 0.326 e. The molecule has 0 spiro atoms. The molecule has 1 aromatic carbocycles. The monoisotopic (exact) mass is 284 g/mol. The van der Waals surface area contributed by atoms with Crippen LogP contribution in [0, 0.1) is 17.1 Å². The molecule has 0 saturated carbocycles. The van der Waals surface area contributed by atoms with Crippen LogP contribution in [0.5, 0.6) is 0 Å². The van der Waals surface area contributed by atoms with Crippen LogP contribution < -0.4 is 0 Å². The number of benzene rings is 1. The Morgan fingerprint density at radius 2 is 2.25 bits per heavy atom. The molecule has 0 radical (unpaired) electrons. The van der Waals surface area contributed by atoms with Crippen LogP contribution in [0.4, 0.5) is 4.39 Å². The van der Waals surface area contributed by atoms with E-state index in [1.165, 1.54) is 24.1 Å². The molecule has 0 bridgehead atoms. The minimum absolute atomic E-state index is 0.213. The number of nitrogens with zero attached hydrogens (tertiary/aromatic N) is 2. The van der Waals surface area contributed by atoms with Crippen molar-refractivity contribution in [3.05, 3.63) is 34.1 Å². The van der Waals surface area contributed by atoms with Crippen LogP contribution >= 0.6 is 15.9 Å². The number of nitriles is 1. The first-order chi connectivity index (χ1) is 7.47. The molecule has 0 heterocycles. The molecule has 0 aromatic heterocycles. The van der Waals surface area contributed by atoms with Gasteiger partial charge in [-0.15, -0.1) is 0 Å². The van der Waals surface area contributed by atoms with Crippen molar-refractivity contribution >= 4 is 21.8 Å².